The van der Waals surface area contributed by atoms with Crippen molar-refractivity contribution in [3.8, 4) is 5.75 Å². The van der Waals surface area contributed by atoms with Gasteiger partial charge >= 0.3 is 5.97 Å². The number of aromatic hydroxyl groups is 1. The zero-order chi connectivity index (χ0) is 25.3. The zero-order valence-electron chi connectivity index (χ0n) is 19.5. The molecular weight excluding hydrogens is 476 g/mol. The highest BCUT2D eigenvalue weighted by atomic mass is 32.2. The number of phenols is 1. The molecule has 1 aliphatic carbocycles. The number of aromatic amines is 1. The topological polar surface area (TPSA) is 111 Å². The van der Waals surface area contributed by atoms with Crippen LogP contribution in [0, 0.1) is 0 Å². The Kier molecular flexibility index (Phi) is 6.38. The van der Waals surface area contributed by atoms with Gasteiger partial charge in [0.05, 0.1) is 10.9 Å². The van der Waals surface area contributed by atoms with Crippen LogP contribution in [0.4, 0.5) is 0 Å². The van der Waals surface area contributed by atoms with Gasteiger partial charge < -0.3 is 15.2 Å². The molecule has 1 aromatic heterocycles. The molecule has 0 saturated heterocycles. The van der Waals surface area contributed by atoms with Crippen molar-refractivity contribution < 1.29 is 23.4 Å². The summed E-state index contributed by atoms with van der Waals surface area (Å²) in [6.45, 7) is 0.288. The largest absolute Gasteiger partial charge is 0.508 e. The van der Waals surface area contributed by atoms with E-state index in [-0.39, 0.29) is 23.2 Å². The number of sulfonamides is 1. The van der Waals surface area contributed by atoms with E-state index in [1.165, 1.54) is 30.3 Å². The van der Waals surface area contributed by atoms with Crippen molar-refractivity contribution in [2.45, 2.75) is 30.2 Å². The molecule has 0 radical (unpaired) electrons. The number of phenolic OH excluding ortho intramolecular Hbond substituents is 1. The average molecular weight is 503 g/mol. The lowest BCUT2D eigenvalue weighted by molar-refractivity contribution is -0.131. The lowest BCUT2D eigenvalue weighted by Crippen LogP contribution is -2.35. The van der Waals surface area contributed by atoms with Crippen LogP contribution in [0.15, 0.2) is 83.9 Å². The second-order valence-corrected chi connectivity index (χ2v) is 10.8. The van der Waals surface area contributed by atoms with Crippen molar-refractivity contribution >= 4 is 33.0 Å². The van der Waals surface area contributed by atoms with E-state index in [4.69, 9.17) is 5.11 Å². The number of hydrogen-bond acceptors (Lipinski definition) is 4. The minimum Gasteiger partial charge on any atom is -0.508 e. The Labute approximate surface area is 209 Å². The van der Waals surface area contributed by atoms with E-state index in [0.717, 1.165) is 39.2 Å². The Hall–Kier alpha value is -3.88. The van der Waals surface area contributed by atoms with Crippen LogP contribution in [-0.2, 0) is 27.7 Å². The number of hydrogen-bond donors (Lipinski definition) is 3. The second kappa shape index (κ2) is 9.64. The molecule has 7 nitrogen and oxygen atoms in total. The summed E-state index contributed by atoms with van der Waals surface area (Å²) >= 11 is 0. The minimum absolute atomic E-state index is 0.00690. The number of para-hydroxylation sites is 1. The first-order valence-electron chi connectivity index (χ1n) is 11.7. The molecule has 3 aromatic carbocycles. The molecule has 0 amide bonds. The van der Waals surface area contributed by atoms with Crippen LogP contribution in [0.5, 0.6) is 5.75 Å². The van der Waals surface area contributed by atoms with Crippen LogP contribution >= 0.6 is 0 Å². The summed E-state index contributed by atoms with van der Waals surface area (Å²) in [6, 6.07) is 18.9. The van der Waals surface area contributed by atoms with E-state index in [0.29, 0.717) is 19.3 Å². The molecule has 5 rings (SSSR count). The van der Waals surface area contributed by atoms with Crippen LogP contribution in [0.1, 0.15) is 34.7 Å². The van der Waals surface area contributed by atoms with Gasteiger partial charge in [0, 0.05) is 29.7 Å². The predicted molar refractivity (Wildman–Crippen MR) is 138 cm³/mol. The molecule has 4 aromatic rings. The summed E-state index contributed by atoms with van der Waals surface area (Å²) in [6.07, 6.45) is 6.43. The number of nitrogens with one attached hydrogen (secondary N) is 1. The molecule has 0 saturated carbocycles. The molecule has 1 heterocycles. The fourth-order valence-electron chi connectivity index (χ4n) is 4.95. The molecule has 1 unspecified atom stereocenters. The predicted octanol–water partition coefficient (Wildman–Crippen LogP) is 4.89. The molecule has 1 aliphatic rings. The molecule has 0 spiro atoms. The zero-order valence-corrected chi connectivity index (χ0v) is 20.3. The van der Waals surface area contributed by atoms with E-state index >= 15 is 0 Å². The van der Waals surface area contributed by atoms with Crippen molar-refractivity contribution in [2.24, 2.45) is 0 Å². The quantitative estimate of drug-likeness (QED) is 0.297. The van der Waals surface area contributed by atoms with Crippen LogP contribution in [0.25, 0.3) is 17.0 Å². The standard InChI is InChI=1S/C28H26N2O5S/c31-22-8-10-23(11-9-22)36(34,35)30(16-15-21-18-29-26-4-2-1-3-24(21)26)27-13-7-20-17-19(5-12-25(20)27)6-14-28(32)33/h1-6,8-12,14,17-18,27,29,31H,7,13,15-16H2,(H,32,33). The van der Waals surface area contributed by atoms with Crippen molar-refractivity contribution in [2.75, 3.05) is 6.54 Å². The van der Waals surface area contributed by atoms with Crippen molar-refractivity contribution in [1.29, 1.82) is 0 Å². The maximum Gasteiger partial charge on any atom is 0.328 e. The normalized spacial score (nSPS) is 15.6. The van der Waals surface area contributed by atoms with E-state index in [1.807, 2.05) is 48.7 Å². The van der Waals surface area contributed by atoms with E-state index in [9.17, 15) is 18.3 Å². The Morgan fingerprint density at radius 3 is 2.64 bits per heavy atom. The number of nitrogens with zero attached hydrogens (tertiary/aromatic N) is 1. The Morgan fingerprint density at radius 2 is 1.86 bits per heavy atom. The molecule has 0 bridgehead atoms. The highest BCUT2D eigenvalue weighted by Crippen LogP contribution is 2.39. The molecular formula is C28H26N2O5S. The molecule has 0 fully saturated rings. The minimum atomic E-state index is -3.86. The number of carbonyl (C=O) groups is 1. The lowest BCUT2D eigenvalue weighted by atomic mass is 10.0. The van der Waals surface area contributed by atoms with E-state index in [2.05, 4.69) is 4.98 Å². The molecule has 3 N–H and O–H groups in total. The van der Waals surface area contributed by atoms with E-state index in [1.54, 1.807) is 4.31 Å². The lowest BCUT2D eigenvalue weighted by Gasteiger charge is -2.29. The van der Waals surface area contributed by atoms with Gasteiger partial charge in [0.1, 0.15) is 5.75 Å². The Balaban J connectivity index is 1.50. The first-order chi connectivity index (χ1) is 17.3. The van der Waals surface area contributed by atoms with Crippen LogP contribution in [0.3, 0.4) is 0 Å². The van der Waals surface area contributed by atoms with Gasteiger partial charge in [-0.05, 0) is 77.9 Å². The highest BCUT2D eigenvalue weighted by Gasteiger charge is 2.36. The van der Waals surface area contributed by atoms with Gasteiger partial charge in [-0.3, -0.25) is 0 Å². The molecule has 8 heteroatoms. The Morgan fingerprint density at radius 1 is 1.08 bits per heavy atom. The third-order valence-electron chi connectivity index (χ3n) is 6.70. The maximum absolute atomic E-state index is 13.9. The number of benzene rings is 3. The average Bonchev–Trinajstić information content (AvgIpc) is 3.47. The molecule has 184 valence electrons. The number of rotatable bonds is 8. The summed E-state index contributed by atoms with van der Waals surface area (Å²) in [5, 5.41) is 19.7. The maximum atomic E-state index is 13.9. The van der Waals surface area contributed by atoms with E-state index < -0.39 is 16.0 Å². The van der Waals surface area contributed by atoms with Gasteiger partial charge in [0.2, 0.25) is 10.0 Å². The third-order valence-corrected chi connectivity index (χ3v) is 8.62. The van der Waals surface area contributed by atoms with Crippen molar-refractivity contribution in [3.63, 3.8) is 0 Å². The van der Waals surface area contributed by atoms with Gasteiger partial charge in [-0.1, -0.05) is 36.4 Å². The fraction of sp³-hybridized carbons (Fsp3) is 0.179. The fourth-order valence-corrected chi connectivity index (χ4v) is 6.59. The highest BCUT2D eigenvalue weighted by molar-refractivity contribution is 7.89. The summed E-state index contributed by atoms with van der Waals surface area (Å²) in [5.41, 5.74) is 4.77. The molecule has 0 aliphatic heterocycles. The van der Waals surface area contributed by atoms with Gasteiger partial charge in [-0.15, -0.1) is 0 Å². The number of carboxylic acids is 1. The SMILES string of the molecule is O=C(O)C=Cc1ccc2c(c1)CCC2N(CCc1c[nH]c2ccccc12)S(=O)(=O)c1ccc(O)cc1. The monoisotopic (exact) mass is 502 g/mol. The molecule has 1 atom stereocenters. The van der Waals surface area contributed by atoms with Gasteiger partial charge in [-0.2, -0.15) is 4.31 Å². The summed E-state index contributed by atoms with van der Waals surface area (Å²) < 4.78 is 29.3. The number of aliphatic carboxylic acids is 1. The third kappa shape index (κ3) is 4.65. The summed E-state index contributed by atoms with van der Waals surface area (Å²) in [4.78, 5) is 14.3. The van der Waals surface area contributed by atoms with Crippen LogP contribution < -0.4 is 0 Å². The van der Waals surface area contributed by atoms with Crippen molar-refractivity contribution in [3.05, 3.63) is 101 Å². The Bertz CT molecular complexity index is 1550. The van der Waals surface area contributed by atoms with Gasteiger partial charge in [0.25, 0.3) is 0 Å². The second-order valence-electron chi connectivity index (χ2n) is 8.90. The first kappa shape index (κ1) is 23.8. The summed E-state index contributed by atoms with van der Waals surface area (Å²) in [5.74, 6) is -1.01. The van der Waals surface area contributed by atoms with Crippen LogP contribution in [-0.4, -0.2) is 40.4 Å². The van der Waals surface area contributed by atoms with Crippen molar-refractivity contribution in [1.82, 2.24) is 9.29 Å². The number of carboxylic acid groups (broad SMARTS) is 1. The number of fused-ring (bicyclic) bond motifs is 2. The number of H-pyrrole nitrogens is 1. The summed E-state index contributed by atoms with van der Waals surface area (Å²) in [7, 11) is -3.86. The van der Waals surface area contributed by atoms with Gasteiger partial charge in [-0.25, -0.2) is 13.2 Å². The first-order valence-corrected chi connectivity index (χ1v) is 13.2. The molecule has 36 heavy (non-hydrogen) atoms. The number of aromatic nitrogens is 1. The van der Waals surface area contributed by atoms with Crippen LogP contribution in [0.2, 0.25) is 0 Å². The van der Waals surface area contributed by atoms with Gasteiger partial charge in [0.15, 0.2) is 0 Å². The number of aryl methyl sites for hydroxylation is 1. The smallest absolute Gasteiger partial charge is 0.328 e.